The van der Waals surface area contributed by atoms with Crippen LogP contribution in [0.15, 0.2) is 42.5 Å². The molecule has 7 heteroatoms. The lowest BCUT2D eigenvalue weighted by molar-refractivity contribution is -0.119. The van der Waals surface area contributed by atoms with E-state index in [4.69, 9.17) is 18.9 Å². The van der Waals surface area contributed by atoms with E-state index in [9.17, 15) is 9.59 Å². The summed E-state index contributed by atoms with van der Waals surface area (Å²) < 4.78 is 20.7. The van der Waals surface area contributed by atoms with Gasteiger partial charge in [-0.2, -0.15) is 0 Å². The molecule has 0 aliphatic heterocycles. The zero-order valence-electron chi connectivity index (χ0n) is 14.9. The van der Waals surface area contributed by atoms with E-state index < -0.39 is 18.5 Å². The molecule has 0 aliphatic carbocycles. The molecule has 0 fully saturated rings. The SMILES string of the molecule is CCOc1ccc(NC(=O)COC(=O)c2cccc(OC)c2OC)cc1. The van der Waals surface area contributed by atoms with Gasteiger partial charge in [0.25, 0.3) is 5.91 Å². The highest BCUT2D eigenvalue weighted by molar-refractivity contribution is 5.97. The molecule has 2 aromatic carbocycles. The summed E-state index contributed by atoms with van der Waals surface area (Å²) in [6.45, 7) is 2.03. The lowest BCUT2D eigenvalue weighted by Crippen LogP contribution is -2.21. The van der Waals surface area contributed by atoms with Crippen molar-refractivity contribution in [3.05, 3.63) is 48.0 Å². The first-order chi connectivity index (χ1) is 12.6. The van der Waals surface area contributed by atoms with Crippen molar-refractivity contribution < 1.29 is 28.5 Å². The molecule has 0 aromatic heterocycles. The van der Waals surface area contributed by atoms with Crippen molar-refractivity contribution >= 4 is 17.6 Å². The number of hydrogen-bond acceptors (Lipinski definition) is 6. The van der Waals surface area contributed by atoms with Crippen LogP contribution < -0.4 is 19.5 Å². The van der Waals surface area contributed by atoms with E-state index >= 15 is 0 Å². The summed E-state index contributed by atoms with van der Waals surface area (Å²) >= 11 is 0. The Kier molecular flexibility index (Phi) is 6.84. The van der Waals surface area contributed by atoms with Gasteiger partial charge in [0, 0.05) is 5.69 Å². The van der Waals surface area contributed by atoms with Crippen molar-refractivity contribution in [1.82, 2.24) is 0 Å². The van der Waals surface area contributed by atoms with Crippen molar-refractivity contribution in [2.24, 2.45) is 0 Å². The lowest BCUT2D eigenvalue weighted by Gasteiger charge is -2.12. The van der Waals surface area contributed by atoms with Gasteiger partial charge in [0.1, 0.15) is 11.3 Å². The van der Waals surface area contributed by atoms with Crippen molar-refractivity contribution in [3.8, 4) is 17.2 Å². The van der Waals surface area contributed by atoms with Gasteiger partial charge in [-0.1, -0.05) is 6.07 Å². The van der Waals surface area contributed by atoms with E-state index in [1.54, 1.807) is 36.4 Å². The fourth-order valence-corrected chi connectivity index (χ4v) is 2.25. The van der Waals surface area contributed by atoms with Crippen molar-refractivity contribution in [2.45, 2.75) is 6.92 Å². The molecule has 0 saturated heterocycles. The molecular formula is C19H21NO6. The van der Waals surface area contributed by atoms with Crippen LogP contribution in [-0.4, -0.2) is 39.3 Å². The van der Waals surface area contributed by atoms with Gasteiger partial charge in [-0.05, 0) is 43.3 Å². The van der Waals surface area contributed by atoms with E-state index in [-0.39, 0.29) is 11.3 Å². The number of hydrogen-bond donors (Lipinski definition) is 1. The van der Waals surface area contributed by atoms with Gasteiger partial charge in [0.05, 0.1) is 20.8 Å². The van der Waals surface area contributed by atoms with E-state index in [1.807, 2.05) is 6.92 Å². The summed E-state index contributed by atoms with van der Waals surface area (Å²) in [5.41, 5.74) is 0.759. The van der Waals surface area contributed by atoms with Crippen LogP contribution >= 0.6 is 0 Å². The third kappa shape index (κ3) is 4.89. The molecule has 0 heterocycles. The fraction of sp³-hybridized carbons (Fsp3) is 0.263. The minimum atomic E-state index is -0.678. The Bertz CT molecular complexity index is 757. The van der Waals surface area contributed by atoms with Gasteiger partial charge < -0.3 is 24.3 Å². The molecule has 0 atom stereocenters. The Hall–Kier alpha value is -3.22. The molecule has 0 radical (unpaired) electrons. The minimum Gasteiger partial charge on any atom is -0.494 e. The molecule has 2 rings (SSSR count). The summed E-state index contributed by atoms with van der Waals surface area (Å²) in [7, 11) is 2.89. The molecule has 1 N–H and O–H groups in total. The smallest absolute Gasteiger partial charge is 0.342 e. The van der Waals surface area contributed by atoms with E-state index in [1.165, 1.54) is 20.3 Å². The number of carbonyl (C=O) groups excluding carboxylic acids is 2. The normalized spacial score (nSPS) is 9.96. The first-order valence-corrected chi connectivity index (χ1v) is 7.99. The molecule has 0 unspecified atom stereocenters. The Morgan fingerprint density at radius 3 is 2.35 bits per heavy atom. The summed E-state index contributed by atoms with van der Waals surface area (Å²) in [5.74, 6) is 0.238. The average Bonchev–Trinajstić information content (AvgIpc) is 2.67. The zero-order valence-corrected chi connectivity index (χ0v) is 14.9. The molecule has 0 spiro atoms. The van der Waals surface area contributed by atoms with Crippen LogP contribution in [0.5, 0.6) is 17.2 Å². The second-order valence-corrected chi connectivity index (χ2v) is 5.12. The number of ether oxygens (including phenoxy) is 4. The zero-order chi connectivity index (χ0) is 18.9. The Labute approximate surface area is 151 Å². The maximum Gasteiger partial charge on any atom is 0.342 e. The molecule has 0 saturated carbocycles. The van der Waals surface area contributed by atoms with Crippen LogP contribution in [0.3, 0.4) is 0 Å². The van der Waals surface area contributed by atoms with E-state index in [2.05, 4.69) is 5.32 Å². The molecule has 0 bridgehead atoms. The molecule has 138 valence electrons. The number of rotatable bonds is 8. The maximum absolute atomic E-state index is 12.2. The highest BCUT2D eigenvalue weighted by Gasteiger charge is 2.18. The van der Waals surface area contributed by atoms with Crippen LogP contribution in [0.25, 0.3) is 0 Å². The second kappa shape index (κ2) is 9.31. The number of anilines is 1. The number of nitrogens with one attached hydrogen (secondary N) is 1. The molecule has 7 nitrogen and oxygen atoms in total. The van der Waals surface area contributed by atoms with Crippen molar-refractivity contribution in [1.29, 1.82) is 0 Å². The van der Waals surface area contributed by atoms with E-state index in [0.717, 1.165) is 0 Å². The van der Waals surface area contributed by atoms with Crippen LogP contribution in [0.1, 0.15) is 17.3 Å². The number of esters is 1. The largest absolute Gasteiger partial charge is 0.494 e. The van der Waals surface area contributed by atoms with Gasteiger partial charge in [-0.3, -0.25) is 4.79 Å². The average molecular weight is 359 g/mol. The van der Waals surface area contributed by atoms with Crippen LogP contribution in [0.4, 0.5) is 5.69 Å². The van der Waals surface area contributed by atoms with Gasteiger partial charge in [0.2, 0.25) is 0 Å². The first kappa shape index (κ1) is 19.1. The number of amides is 1. The topological polar surface area (TPSA) is 83.1 Å². The van der Waals surface area contributed by atoms with Gasteiger partial charge in [-0.15, -0.1) is 0 Å². The summed E-state index contributed by atoms with van der Waals surface area (Å²) in [4.78, 5) is 24.2. The quantitative estimate of drug-likeness (QED) is 0.730. The van der Waals surface area contributed by atoms with Crippen molar-refractivity contribution in [2.75, 3.05) is 32.8 Å². The van der Waals surface area contributed by atoms with Gasteiger partial charge in [-0.25, -0.2) is 4.79 Å². The lowest BCUT2D eigenvalue weighted by atomic mass is 10.2. The third-order valence-corrected chi connectivity index (χ3v) is 3.41. The van der Waals surface area contributed by atoms with Crippen LogP contribution in [0.2, 0.25) is 0 Å². The highest BCUT2D eigenvalue weighted by atomic mass is 16.5. The Balaban J connectivity index is 1.94. The van der Waals surface area contributed by atoms with Crippen LogP contribution in [0, 0.1) is 0 Å². The molecule has 0 aliphatic rings. The van der Waals surface area contributed by atoms with E-state index in [0.29, 0.717) is 23.8 Å². The number of carbonyl (C=O) groups is 2. The predicted octanol–water partition coefficient (Wildman–Crippen LogP) is 2.90. The van der Waals surface area contributed by atoms with Gasteiger partial charge in [0.15, 0.2) is 18.1 Å². The number of benzene rings is 2. The molecule has 26 heavy (non-hydrogen) atoms. The summed E-state index contributed by atoms with van der Waals surface area (Å²) in [6.07, 6.45) is 0. The highest BCUT2D eigenvalue weighted by Crippen LogP contribution is 2.31. The standard InChI is InChI=1S/C19H21NO6/c1-4-25-14-10-8-13(9-11-14)20-17(21)12-26-19(22)15-6-5-7-16(23-2)18(15)24-3/h5-11H,4,12H2,1-3H3,(H,20,21). The fourth-order valence-electron chi connectivity index (χ4n) is 2.25. The minimum absolute atomic E-state index is 0.181. The molecular weight excluding hydrogens is 338 g/mol. The Morgan fingerprint density at radius 1 is 1.00 bits per heavy atom. The number of para-hydroxylation sites is 1. The second-order valence-electron chi connectivity index (χ2n) is 5.12. The first-order valence-electron chi connectivity index (χ1n) is 7.99. The monoisotopic (exact) mass is 359 g/mol. The molecule has 2 aromatic rings. The predicted molar refractivity (Wildman–Crippen MR) is 96.1 cm³/mol. The summed E-state index contributed by atoms with van der Waals surface area (Å²) in [5, 5.41) is 2.64. The third-order valence-electron chi connectivity index (χ3n) is 3.41. The molecule has 1 amide bonds. The summed E-state index contributed by atoms with van der Waals surface area (Å²) in [6, 6.07) is 11.7. The number of methoxy groups -OCH3 is 2. The maximum atomic E-state index is 12.2. The van der Waals surface area contributed by atoms with Crippen molar-refractivity contribution in [3.63, 3.8) is 0 Å². The van der Waals surface area contributed by atoms with Crippen LogP contribution in [-0.2, 0) is 9.53 Å². The Morgan fingerprint density at radius 2 is 1.73 bits per heavy atom. The van der Waals surface area contributed by atoms with Gasteiger partial charge >= 0.3 is 5.97 Å².